The van der Waals surface area contributed by atoms with Crippen LogP contribution in [0.1, 0.15) is 18.4 Å². The van der Waals surface area contributed by atoms with Crippen LogP contribution in [-0.4, -0.2) is 26.0 Å². The van der Waals surface area contributed by atoms with E-state index in [0.29, 0.717) is 12.9 Å². The van der Waals surface area contributed by atoms with Gasteiger partial charge in [0.2, 0.25) is 6.79 Å². The highest BCUT2D eigenvalue weighted by Crippen LogP contribution is 2.32. The lowest BCUT2D eigenvalue weighted by Crippen LogP contribution is -2.25. The molecule has 4 nitrogen and oxygen atoms in total. The molecule has 2 aliphatic heterocycles. The Kier molecular flexibility index (Phi) is 4.69. The van der Waals surface area contributed by atoms with E-state index >= 15 is 0 Å². The van der Waals surface area contributed by atoms with Crippen molar-refractivity contribution in [3.63, 3.8) is 0 Å². The molecule has 1 atom stereocenters. The van der Waals surface area contributed by atoms with Gasteiger partial charge in [0.1, 0.15) is 0 Å². The number of ether oxygens (including phenoxy) is 3. The summed E-state index contributed by atoms with van der Waals surface area (Å²) in [4.78, 5) is 0. The van der Waals surface area contributed by atoms with Crippen LogP contribution in [0.15, 0.2) is 18.2 Å². The highest BCUT2D eigenvalue weighted by atomic mass is 35.5. The zero-order valence-electron chi connectivity index (χ0n) is 10.2. The third-order valence-corrected chi connectivity index (χ3v) is 3.16. The minimum absolute atomic E-state index is 0. The molecule has 2 aliphatic rings. The smallest absolute Gasteiger partial charge is 0.231 e. The number of halogens is 1. The van der Waals surface area contributed by atoms with Crippen LogP contribution >= 0.6 is 12.4 Å². The van der Waals surface area contributed by atoms with Crippen LogP contribution in [0.5, 0.6) is 11.5 Å². The van der Waals surface area contributed by atoms with Crippen molar-refractivity contribution in [3.05, 3.63) is 23.8 Å². The van der Waals surface area contributed by atoms with Gasteiger partial charge >= 0.3 is 0 Å². The van der Waals surface area contributed by atoms with Gasteiger partial charge in [0, 0.05) is 19.7 Å². The lowest BCUT2D eigenvalue weighted by molar-refractivity contribution is 0.110. The number of hydrogen-bond donors (Lipinski definition) is 1. The zero-order chi connectivity index (χ0) is 11.5. The van der Waals surface area contributed by atoms with Crippen LogP contribution in [0.2, 0.25) is 0 Å². The SMILES string of the molecule is Cl.c1cc2c(cc1CNCC1CCCO1)OCO2. The average molecular weight is 272 g/mol. The van der Waals surface area contributed by atoms with Gasteiger partial charge in [0.05, 0.1) is 6.10 Å². The molecule has 1 aromatic carbocycles. The quantitative estimate of drug-likeness (QED) is 0.910. The Morgan fingerprint density at radius 3 is 2.94 bits per heavy atom. The fraction of sp³-hybridized carbons (Fsp3) is 0.538. The van der Waals surface area contributed by atoms with Crippen molar-refractivity contribution < 1.29 is 14.2 Å². The molecule has 2 heterocycles. The molecule has 1 unspecified atom stereocenters. The molecule has 0 aromatic heterocycles. The van der Waals surface area contributed by atoms with Crippen LogP contribution in [0.25, 0.3) is 0 Å². The van der Waals surface area contributed by atoms with Crippen LogP contribution in [0, 0.1) is 0 Å². The summed E-state index contributed by atoms with van der Waals surface area (Å²) >= 11 is 0. The summed E-state index contributed by atoms with van der Waals surface area (Å²) in [7, 11) is 0. The normalized spacial score (nSPS) is 20.8. The van der Waals surface area contributed by atoms with Crippen LogP contribution in [0.4, 0.5) is 0 Å². The van der Waals surface area contributed by atoms with Crippen molar-refractivity contribution in [2.24, 2.45) is 0 Å². The van der Waals surface area contributed by atoms with Crippen molar-refractivity contribution in [3.8, 4) is 11.5 Å². The summed E-state index contributed by atoms with van der Waals surface area (Å²) in [6.45, 7) is 3.02. The van der Waals surface area contributed by atoms with E-state index < -0.39 is 0 Å². The molecule has 1 N–H and O–H groups in total. The Bertz CT molecular complexity index is 394. The van der Waals surface area contributed by atoms with Gasteiger partial charge in [-0.1, -0.05) is 6.07 Å². The minimum Gasteiger partial charge on any atom is -0.454 e. The monoisotopic (exact) mass is 271 g/mol. The van der Waals surface area contributed by atoms with Crippen LogP contribution in [-0.2, 0) is 11.3 Å². The molecule has 5 heteroatoms. The molecule has 0 radical (unpaired) electrons. The molecular formula is C13H18ClNO3. The summed E-state index contributed by atoms with van der Waals surface area (Å²) in [6.07, 6.45) is 2.76. The largest absolute Gasteiger partial charge is 0.454 e. The first-order chi connectivity index (χ1) is 8.42. The Morgan fingerprint density at radius 2 is 2.11 bits per heavy atom. The molecule has 0 spiro atoms. The van der Waals surface area contributed by atoms with Gasteiger partial charge in [-0.25, -0.2) is 0 Å². The summed E-state index contributed by atoms with van der Waals surface area (Å²) in [6, 6.07) is 6.06. The van der Waals surface area contributed by atoms with Crippen LogP contribution in [0.3, 0.4) is 0 Å². The maximum Gasteiger partial charge on any atom is 0.231 e. The molecule has 100 valence electrons. The first-order valence-electron chi connectivity index (χ1n) is 6.13. The summed E-state index contributed by atoms with van der Waals surface area (Å²) in [5, 5.41) is 3.41. The minimum atomic E-state index is 0. The average Bonchev–Trinajstić information content (AvgIpc) is 2.98. The van der Waals surface area contributed by atoms with Gasteiger partial charge in [0.15, 0.2) is 11.5 Å². The zero-order valence-corrected chi connectivity index (χ0v) is 11.0. The van der Waals surface area contributed by atoms with Crippen molar-refractivity contribution in [1.29, 1.82) is 0 Å². The first kappa shape index (κ1) is 13.5. The Morgan fingerprint density at radius 1 is 1.22 bits per heavy atom. The molecular weight excluding hydrogens is 254 g/mol. The van der Waals surface area contributed by atoms with Gasteiger partial charge < -0.3 is 19.5 Å². The van der Waals surface area contributed by atoms with Gasteiger partial charge in [-0.2, -0.15) is 0 Å². The third-order valence-electron chi connectivity index (χ3n) is 3.16. The Balaban J connectivity index is 0.00000120. The highest BCUT2D eigenvalue weighted by Gasteiger charge is 2.15. The number of hydrogen-bond acceptors (Lipinski definition) is 4. The summed E-state index contributed by atoms with van der Waals surface area (Å²) < 4.78 is 16.2. The molecule has 18 heavy (non-hydrogen) atoms. The van der Waals surface area contributed by atoms with E-state index in [0.717, 1.165) is 31.2 Å². The van der Waals surface area contributed by atoms with E-state index in [2.05, 4.69) is 11.4 Å². The Labute approximate surface area is 113 Å². The summed E-state index contributed by atoms with van der Waals surface area (Å²) in [5.74, 6) is 1.69. The lowest BCUT2D eigenvalue weighted by atomic mass is 10.2. The Hall–Kier alpha value is -0.970. The van der Waals surface area contributed by atoms with E-state index in [1.165, 1.54) is 18.4 Å². The second kappa shape index (κ2) is 6.27. The number of rotatable bonds is 4. The number of fused-ring (bicyclic) bond motifs is 1. The van der Waals surface area contributed by atoms with Crippen molar-refractivity contribution in [2.75, 3.05) is 19.9 Å². The molecule has 0 bridgehead atoms. The van der Waals surface area contributed by atoms with E-state index in [9.17, 15) is 0 Å². The van der Waals surface area contributed by atoms with E-state index in [1.807, 2.05) is 12.1 Å². The molecule has 0 amide bonds. The van der Waals surface area contributed by atoms with E-state index in [-0.39, 0.29) is 12.4 Å². The predicted molar refractivity (Wildman–Crippen MR) is 70.5 cm³/mol. The van der Waals surface area contributed by atoms with E-state index in [1.54, 1.807) is 0 Å². The fourth-order valence-corrected chi connectivity index (χ4v) is 2.23. The second-order valence-corrected chi connectivity index (χ2v) is 4.45. The topological polar surface area (TPSA) is 39.7 Å². The van der Waals surface area contributed by atoms with Gasteiger partial charge in [0.25, 0.3) is 0 Å². The molecule has 0 saturated carbocycles. The first-order valence-corrected chi connectivity index (χ1v) is 6.13. The molecule has 1 fully saturated rings. The van der Waals surface area contributed by atoms with Gasteiger partial charge in [-0.15, -0.1) is 12.4 Å². The molecule has 3 rings (SSSR count). The number of nitrogens with one attached hydrogen (secondary N) is 1. The molecule has 1 aromatic rings. The third kappa shape index (κ3) is 3.07. The lowest BCUT2D eigenvalue weighted by Gasteiger charge is -2.10. The number of benzene rings is 1. The van der Waals surface area contributed by atoms with Crippen molar-refractivity contribution in [1.82, 2.24) is 5.32 Å². The second-order valence-electron chi connectivity index (χ2n) is 4.45. The summed E-state index contributed by atoms with van der Waals surface area (Å²) in [5.41, 5.74) is 1.22. The van der Waals surface area contributed by atoms with Crippen LogP contribution < -0.4 is 14.8 Å². The molecule has 0 aliphatic carbocycles. The standard InChI is InChI=1S/C13H17NO3.ClH/c1-2-11(15-5-1)8-14-7-10-3-4-12-13(6-10)17-9-16-12;/h3-4,6,11,14H,1-2,5,7-9H2;1H. The predicted octanol–water partition coefficient (Wildman–Crippen LogP) is 2.11. The molecule has 1 saturated heterocycles. The van der Waals surface area contributed by atoms with Crippen molar-refractivity contribution in [2.45, 2.75) is 25.5 Å². The highest BCUT2D eigenvalue weighted by molar-refractivity contribution is 5.85. The maximum absolute atomic E-state index is 5.56. The van der Waals surface area contributed by atoms with E-state index in [4.69, 9.17) is 14.2 Å². The van der Waals surface area contributed by atoms with Gasteiger partial charge in [-0.3, -0.25) is 0 Å². The fourth-order valence-electron chi connectivity index (χ4n) is 2.23. The maximum atomic E-state index is 5.56. The van der Waals surface area contributed by atoms with Crippen molar-refractivity contribution >= 4 is 12.4 Å². The van der Waals surface area contributed by atoms with Gasteiger partial charge in [-0.05, 0) is 30.5 Å².